The van der Waals surface area contributed by atoms with Crippen molar-refractivity contribution in [3.63, 3.8) is 0 Å². The van der Waals surface area contributed by atoms with E-state index in [0.29, 0.717) is 23.7 Å². The van der Waals surface area contributed by atoms with Crippen LogP contribution in [0.4, 0.5) is 11.4 Å². The van der Waals surface area contributed by atoms with Gasteiger partial charge in [-0.15, -0.1) is 0 Å². The van der Waals surface area contributed by atoms with Crippen LogP contribution in [0.2, 0.25) is 5.02 Å². The number of esters is 1. The highest BCUT2D eigenvalue weighted by molar-refractivity contribution is 6.31. The van der Waals surface area contributed by atoms with E-state index in [2.05, 4.69) is 5.32 Å². The number of nitrogens with zero attached hydrogens (tertiary/aromatic N) is 1. The van der Waals surface area contributed by atoms with Crippen LogP contribution in [-0.4, -0.2) is 24.0 Å². The maximum Gasteiger partial charge on any atom is 0.302 e. The minimum absolute atomic E-state index is 0.0926. The number of benzene rings is 1. The molecule has 0 fully saturated rings. The molecule has 0 radical (unpaired) electrons. The van der Waals surface area contributed by atoms with Crippen LogP contribution in [0.5, 0.6) is 0 Å². The SMILES string of the molecule is CCc1cc(NCCOC(C)=O)c([N+](=O)[O-])cc1Cl. The quantitative estimate of drug-likeness (QED) is 0.376. The van der Waals surface area contributed by atoms with Crippen molar-refractivity contribution in [1.29, 1.82) is 0 Å². The topological polar surface area (TPSA) is 81.5 Å². The first-order valence-corrected chi connectivity index (χ1v) is 6.17. The minimum atomic E-state index is -0.501. The van der Waals surface area contributed by atoms with Gasteiger partial charge in [0.25, 0.3) is 5.69 Å². The molecule has 0 aliphatic heterocycles. The number of rotatable bonds is 6. The third kappa shape index (κ3) is 4.40. The van der Waals surface area contributed by atoms with Gasteiger partial charge in [0, 0.05) is 19.5 Å². The summed E-state index contributed by atoms with van der Waals surface area (Å²) in [5.74, 6) is -0.387. The molecule has 0 aliphatic carbocycles. The van der Waals surface area contributed by atoms with Crippen LogP contribution in [0.25, 0.3) is 0 Å². The first kappa shape index (κ1) is 15.2. The van der Waals surface area contributed by atoms with Gasteiger partial charge in [0.05, 0.1) is 9.95 Å². The van der Waals surface area contributed by atoms with Crippen LogP contribution in [-0.2, 0) is 16.0 Å². The van der Waals surface area contributed by atoms with E-state index in [1.165, 1.54) is 13.0 Å². The molecule has 1 aromatic carbocycles. The molecule has 0 saturated heterocycles. The normalized spacial score (nSPS) is 10.1. The number of anilines is 1. The molecule has 1 aromatic rings. The minimum Gasteiger partial charge on any atom is -0.464 e. The van der Waals surface area contributed by atoms with Gasteiger partial charge in [-0.1, -0.05) is 18.5 Å². The molecular weight excluding hydrogens is 272 g/mol. The fourth-order valence-corrected chi connectivity index (χ4v) is 1.84. The molecule has 0 amide bonds. The van der Waals surface area contributed by atoms with Gasteiger partial charge in [0.1, 0.15) is 12.3 Å². The number of nitrogens with one attached hydrogen (secondary N) is 1. The summed E-state index contributed by atoms with van der Waals surface area (Å²) in [6.07, 6.45) is 0.676. The number of nitro benzene ring substituents is 1. The Labute approximate surface area is 115 Å². The fraction of sp³-hybridized carbons (Fsp3) is 0.417. The Morgan fingerprint density at radius 2 is 2.21 bits per heavy atom. The van der Waals surface area contributed by atoms with E-state index >= 15 is 0 Å². The molecular formula is C12H15ClN2O4. The fourth-order valence-electron chi connectivity index (χ4n) is 1.55. The second-order valence-corrected chi connectivity index (χ2v) is 4.25. The molecule has 0 unspecified atom stereocenters. The average Bonchev–Trinajstić information content (AvgIpc) is 2.35. The molecule has 104 valence electrons. The number of hydrogen-bond donors (Lipinski definition) is 1. The molecule has 0 aliphatic rings. The highest BCUT2D eigenvalue weighted by atomic mass is 35.5. The maximum atomic E-state index is 10.9. The molecule has 1 N–H and O–H groups in total. The summed E-state index contributed by atoms with van der Waals surface area (Å²) in [6.45, 7) is 3.66. The maximum absolute atomic E-state index is 10.9. The van der Waals surface area contributed by atoms with Gasteiger partial charge < -0.3 is 10.1 Å². The summed E-state index contributed by atoms with van der Waals surface area (Å²) in [4.78, 5) is 21.0. The molecule has 19 heavy (non-hydrogen) atoms. The molecule has 0 aromatic heterocycles. The Kier molecular flexibility index (Phi) is 5.57. The standard InChI is InChI=1S/C12H15ClN2O4/c1-3-9-6-11(14-4-5-19-8(2)16)12(15(17)18)7-10(9)13/h6-7,14H,3-5H2,1-2H3. The van der Waals surface area contributed by atoms with Crippen LogP contribution < -0.4 is 5.32 Å². The zero-order chi connectivity index (χ0) is 14.4. The Hall–Kier alpha value is -1.82. The zero-order valence-corrected chi connectivity index (χ0v) is 11.5. The molecule has 1 rings (SSSR count). The molecule has 0 bridgehead atoms. The Bertz CT molecular complexity index is 491. The van der Waals surface area contributed by atoms with Gasteiger partial charge in [0.15, 0.2) is 0 Å². The van der Waals surface area contributed by atoms with Crippen LogP contribution >= 0.6 is 11.6 Å². The van der Waals surface area contributed by atoms with Gasteiger partial charge in [-0.3, -0.25) is 14.9 Å². The average molecular weight is 287 g/mol. The summed E-state index contributed by atoms with van der Waals surface area (Å²) in [7, 11) is 0. The lowest BCUT2D eigenvalue weighted by Crippen LogP contribution is -2.13. The van der Waals surface area contributed by atoms with Crippen molar-refractivity contribution in [2.24, 2.45) is 0 Å². The van der Waals surface area contributed by atoms with E-state index in [0.717, 1.165) is 5.56 Å². The molecule has 7 heteroatoms. The van der Waals surface area contributed by atoms with Gasteiger partial charge in [-0.2, -0.15) is 0 Å². The Morgan fingerprint density at radius 3 is 2.74 bits per heavy atom. The van der Waals surface area contributed by atoms with Gasteiger partial charge in [0.2, 0.25) is 0 Å². The number of nitro groups is 1. The summed E-state index contributed by atoms with van der Waals surface area (Å²) < 4.78 is 4.75. The lowest BCUT2D eigenvalue weighted by atomic mass is 10.1. The van der Waals surface area contributed by atoms with Crippen molar-refractivity contribution in [1.82, 2.24) is 0 Å². The van der Waals surface area contributed by atoms with E-state index in [9.17, 15) is 14.9 Å². The summed E-state index contributed by atoms with van der Waals surface area (Å²) >= 11 is 5.95. The Morgan fingerprint density at radius 1 is 1.53 bits per heavy atom. The number of hydrogen-bond acceptors (Lipinski definition) is 5. The third-order valence-corrected chi connectivity index (χ3v) is 2.82. The van der Waals surface area contributed by atoms with Crippen molar-refractivity contribution in [2.45, 2.75) is 20.3 Å². The molecule has 0 atom stereocenters. The van der Waals surface area contributed by atoms with Crippen LogP contribution in [0.15, 0.2) is 12.1 Å². The summed E-state index contributed by atoms with van der Waals surface area (Å²) in [6, 6.07) is 2.97. The monoisotopic (exact) mass is 286 g/mol. The van der Waals surface area contributed by atoms with Gasteiger partial charge in [-0.05, 0) is 18.1 Å². The molecule has 0 saturated carbocycles. The van der Waals surface area contributed by atoms with Crippen molar-refractivity contribution in [3.05, 3.63) is 32.8 Å². The van der Waals surface area contributed by atoms with E-state index in [-0.39, 0.29) is 18.3 Å². The number of halogens is 1. The van der Waals surface area contributed by atoms with E-state index in [1.54, 1.807) is 6.07 Å². The largest absolute Gasteiger partial charge is 0.464 e. The van der Waals surface area contributed by atoms with E-state index in [1.807, 2.05) is 6.92 Å². The highest BCUT2D eigenvalue weighted by Gasteiger charge is 2.16. The number of carbonyl (C=O) groups excluding carboxylic acids is 1. The number of aryl methyl sites for hydroxylation is 1. The van der Waals surface area contributed by atoms with Crippen LogP contribution in [0, 0.1) is 10.1 Å². The number of carbonyl (C=O) groups is 1. The summed E-state index contributed by atoms with van der Waals surface area (Å²) in [5.41, 5.74) is 1.10. The van der Waals surface area contributed by atoms with Gasteiger partial charge in [-0.25, -0.2) is 0 Å². The second-order valence-electron chi connectivity index (χ2n) is 3.84. The van der Waals surface area contributed by atoms with Crippen molar-refractivity contribution < 1.29 is 14.5 Å². The van der Waals surface area contributed by atoms with E-state index < -0.39 is 4.92 Å². The predicted molar refractivity (Wildman–Crippen MR) is 72.6 cm³/mol. The van der Waals surface area contributed by atoms with Crippen LogP contribution in [0.1, 0.15) is 19.4 Å². The smallest absolute Gasteiger partial charge is 0.302 e. The highest BCUT2D eigenvalue weighted by Crippen LogP contribution is 2.31. The zero-order valence-electron chi connectivity index (χ0n) is 10.7. The molecule has 0 spiro atoms. The molecule has 0 heterocycles. The van der Waals surface area contributed by atoms with Crippen molar-refractivity contribution in [3.8, 4) is 0 Å². The van der Waals surface area contributed by atoms with Crippen molar-refractivity contribution in [2.75, 3.05) is 18.5 Å². The predicted octanol–water partition coefficient (Wildman–Crippen LogP) is 2.79. The lowest BCUT2D eigenvalue weighted by molar-refractivity contribution is -0.384. The van der Waals surface area contributed by atoms with Gasteiger partial charge >= 0.3 is 5.97 Å². The molecule has 6 nitrogen and oxygen atoms in total. The van der Waals surface area contributed by atoms with Crippen molar-refractivity contribution >= 4 is 28.9 Å². The first-order chi connectivity index (χ1) is 8.95. The lowest BCUT2D eigenvalue weighted by Gasteiger charge is -2.10. The third-order valence-electron chi connectivity index (χ3n) is 2.47. The Balaban J connectivity index is 2.84. The summed E-state index contributed by atoms with van der Waals surface area (Å²) in [5, 5.41) is 14.2. The first-order valence-electron chi connectivity index (χ1n) is 5.79. The van der Waals surface area contributed by atoms with Crippen LogP contribution in [0.3, 0.4) is 0 Å². The number of ether oxygens (including phenoxy) is 1. The second kappa shape index (κ2) is 6.94. The van der Waals surface area contributed by atoms with E-state index in [4.69, 9.17) is 16.3 Å².